The minimum atomic E-state index is -0.234. The second-order valence-corrected chi connectivity index (χ2v) is 7.43. The molecule has 3 unspecified atom stereocenters. The number of rotatable bonds is 4. The lowest BCUT2D eigenvalue weighted by atomic mass is 9.81. The largest absolute Gasteiger partial charge is 0.337 e. The summed E-state index contributed by atoms with van der Waals surface area (Å²) in [5.41, 5.74) is 0.952. The number of hydrogen-bond acceptors (Lipinski definition) is 3. The van der Waals surface area contributed by atoms with Crippen molar-refractivity contribution in [1.29, 1.82) is 0 Å². The van der Waals surface area contributed by atoms with Gasteiger partial charge in [-0.1, -0.05) is 36.6 Å². The molecule has 0 spiro atoms. The van der Waals surface area contributed by atoms with Crippen molar-refractivity contribution in [3.8, 4) is 0 Å². The van der Waals surface area contributed by atoms with Crippen LogP contribution in [0.5, 0.6) is 0 Å². The van der Waals surface area contributed by atoms with Crippen LogP contribution in [0.1, 0.15) is 44.2 Å². The lowest BCUT2D eigenvalue weighted by Crippen LogP contribution is -2.42. The first kappa shape index (κ1) is 17.9. The molecule has 0 N–H and O–H groups in total. The van der Waals surface area contributed by atoms with E-state index in [2.05, 4.69) is 0 Å². The zero-order chi connectivity index (χ0) is 18.1. The first-order valence-corrected chi connectivity index (χ1v) is 9.14. The van der Waals surface area contributed by atoms with Gasteiger partial charge >= 0.3 is 0 Å². The highest BCUT2D eigenvalue weighted by Gasteiger charge is 2.48. The van der Waals surface area contributed by atoms with E-state index in [1.54, 1.807) is 24.1 Å². The molecule has 0 radical (unpaired) electrons. The highest BCUT2D eigenvalue weighted by Crippen LogP contribution is 2.38. The smallest absolute Gasteiger partial charge is 0.242 e. The molecule has 1 aliphatic heterocycles. The summed E-state index contributed by atoms with van der Waals surface area (Å²) in [5, 5.41) is 0.640. The third kappa shape index (κ3) is 3.43. The maximum Gasteiger partial charge on any atom is 0.242 e. The van der Waals surface area contributed by atoms with Crippen LogP contribution in [0, 0.1) is 11.8 Å². The van der Waals surface area contributed by atoms with Crippen LogP contribution in [0.3, 0.4) is 0 Å². The number of likely N-dealkylation sites (tertiary alicyclic amines) is 1. The van der Waals surface area contributed by atoms with Crippen LogP contribution in [-0.4, -0.2) is 41.1 Å². The number of halogens is 1. The van der Waals surface area contributed by atoms with E-state index in [1.807, 2.05) is 19.1 Å². The maximum absolute atomic E-state index is 12.6. The second kappa shape index (κ2) is 7.16. The van der Waals surface area contributed by atoms with E-state index in [-0.39, 0.29) is 42.1 Å². The molecule has 2 fully saturated rings. The fourth-order valence-electron chi connectivity index (χ4n) is 3.81. The van der Waals surface area contributed by atoms with Crippen molar-refractivity contribution in [2.24, 2.45) is 11.8 Å². The van der Waals surface area contributed by atoms with Gasteiger partial charge in [-0.15, -0.1) is 0 Å². The minimum Gasteiger partial charge on any atom is -0.337 e. The van der Waals surface area contributed by atoms with Crippen LogP contribution >= 0.6 is 11.6 Å². The van der Waals surface area contributed by atoms with Gasteiger partial charge in [0.15, 0.2) is 0 Å². The number of carbonyl (C=O) groups excluding carboxylic acids is 3. The Balaban J connectivity index is 1.67. The van der Waals surface area contributed by atoms with E-state index in [1.165, 1.54) is 4.90 Å². The van der Waals surface area contributed by atoms with Crippen LogP contribution in [0.2, 0.25) is 5.02 Å². The summed E-state index contributed by atoms with van der Waals surface area (Å²) in [6, 6.07) is 7.14. The molecule has 0 bridgehead atoms. The van der Waals surface area contributed by atoms with Crippen LogP contribution in [0.25, 0.3) is 0 Å². The Hall–Kier alpha value is -1.88. The normalized spacial score (nSPS) is 24.2. The number of benzene rings is 1. The number of likely N-dealkylation sites (N-methyl/N-ethyl adjacent to an activating group) is 1. The van der Waals surface area contributed by atoms with Crippen molar-refractivity contribution < 1.29 is 14.4 Å². The number of fused-ring (bicyclic) bond motifs is 1. The van der Waals surface area contributed by atoms with Crippen molar-refractivity contribution >= 4 is 29.3 Å². The molecule has 1 saturated heterocycles. The van der Waals surface area contributed by atoms with Crippen LogP contribution in [-0.2, 0) is 14.4 Å². The van der Waals surface area contributed by atoms with E-state index in [9.17, 15) is 14.4 Å². The third-order valence-electron chi connectivity index (χ3n) is 5.55. The van der Waals surface area contributed by atoms with Gasteiger partial charge in [-0.3, -0.25) is 19.3 Å². The fourth-order valence-corrected chi connectivity index (χ4v) is 3.94. The zero-order valence-electron chi connectivity index (χ0n) is 14.6. The molecule has 134 valence electrons. The van der Waals surface area contributed by atoms with Gasteiger partial charge in [0.25, 0.3) is 0 Å². The molecule has 1 aromatic rings. The Kier molecular flexibility index (Phi) is 5.13. The quantitative estimate of drug-likeness (QED) is 0.773. The van der Waals surface area contributed by atoms with Gasteiger partial charge in [-0.05, 0) is 37.5 Å². The zero-order valence-corrected chi connectivity index (χ0v) is 15.3. The Morgan fingerprint density at radius 2 is 1.68 bits per heavy atom. The molecule has 5 nitrogen and oxygen atoms in total. The SMILES string of the molecule is CC(c1ccc(Cl)cc1)N(C)C(=O)CN1C(=O)C2CCCCC2C1=O. The summed E-state index contributed by atoms with van der Waals surface area (Å²) in [7, 11) is 1.69. The van der Waals surface area contributed by atoms with Crippen molar-refractivity contribution in [3.63, 3.8) is 0 Å². The lowest BCUT2D eigenvalue weighted by molar-refractivity contribution is -0.146. The molecule has 25 heavy (non-hydrogen) atoms. The van der Waals surface area contributed by atoms with Crippen molar-refractivity contribution in [2.75, 3.05) is 13.6 Å². The molecule has 1 aromatic carbocycles. The molecule has 1 aliphatic carbocycles. The molecular formula is C19H23ClN2O3. The first-order valence-electron chi connectivity index (χ1n) is 8.76. The predicted octanol–water partition coefficient (Wildman–Crippen LogP) is 3.03. The Morgan fingerprint density at radius 1 is 1.16 bits per heavy atom. The first-order chi connectivity index (χ1) is 11.9. The minimum absolute atomic E-state index is 0.167. The Bertz CT molecular complexity index is 664. The molecule has 2 aliphatic rings. The fraction of sp³-hybridized carbons (Fsp3) is 0.526. The van der Waals surface area contributed by atoms with Crippen LogP contribution in [0.4, 0.5) is 0 Å². The average Bonchev–Trinajstić information content (AvgIpc) is 2.86. The summed E-state index contributed by atoms with van der Waals surface area (Å²) >= 11 is 5.90. The standard InChI is InChI=1S/C19H23ClN2O3/c1-12(13-7-9-14(20)10-8-13)21(2)17(23)11-22-18(24)15-5-3-4-6-16(15)19(22)25/h7-10,12,15-16H,3-6,11H2,1-2H3. The topological polar surface area (TPSA) is 57.7 Å². The van der Waals surface area contributed by atoms with Gasteiger partial charge in [-0.2, -0.15) is 0 Å². The van der Waals surface area contributed by atoms with E-state index >= 15 is 0 Å². The van der Waals surface area contributed by atoms with Crippen molar-refractivity contribution in [3.05, 3.63) is 34.9 Å². The summed E-state index contributed by atoms with van der Waals surface area (Å²) in [5.74, 6) is -1.00. The molecule has 6 heteroatoms. The highest BCUT2D eigenvalue weighted by molar-refractivity contribution is 6.30. The van der Waals surface area contributed by atoms with Gasteiger partial charge in [0.1, 0.15) is 6.54 Å². The van der Waals surface area contributed by atoms with Gasteiger partial charge in [-0.25, -0.2) is 0 Å². The molecule has 1 heterocycles. The van der Waals surface area contributed by atoms with Gasteiger partial charge in [0, 0.05) is 12.1 Å². The molecular weight excluding hydrogens is 340 g/mol. The molecule has 3 rings (SSSR count). The molecule has 3 atom stereocenters. The maximum atomic E-state index is 12.6. The average molecular weight is 363 g/mol. The molecule has 1 saturated carbocycles. The van der Waals surface area contributed by atoms with Gasteiger partial charge < -0.3 is 4.90 Å². The molecule has 3 amide bonds. The third-order valence-corrected chi connectivity index (χ3v) is 5.80. The van der Waals surface area contributed by atoms with Crippen LogP contribution in [0.15, 0.2) is 24.3 Å². The van der Waals surface area contributed by atoms with E-state index in [4.69, 9.17) is 11.6 Å². The van der Waals surface area contributed by atoms with Gasteiger partial charge in [0.2, 0.25) is 17.7 Å². The summed E-state index contributed by atoms with van der Waals surface area (Å²) < 4.78 is 0. The number of imide groups is 1. The molecule has 0 aromatic heterocycles. The van der Waals surface area contributed by atoms with Crippen LogP contribution < -0.4 is 0 Å². The van der Waals surface area contributed by atoms with E-state index in [0.717, 1.165) is 31.2 Å². The Labute approximate surface area is 152 Å². The van der Waals surface area contributed by atoms with Gasteiger partial charge in [0.05, 0.1) is 17.9 Å². The Morgan fingerprint density at radius 3 is 2.20 bits per heavy atom. The monoisotopic (exact) mass is 362 g/mol. The number of carbonyl (C=O) groups is 3. The van der Waals surface area contributed by atoms with E-state index in [0.29, 0.717) is 5.02 Å². The van der Waals surface area contributed by atoms with Crippen molar-refractivity contribution in [1.82, 2.24) is 9.80 Å². The van der Waals surface area contributed by atoms with E-state index < -0.39 is 0 Å². The lowest BCUT2D eigenvalue weighted by Gasteiger charge is -2.27. The number of hydrogen-bond donors (Lipinski definition) is 0. The summed E-state index contributed by atoms with van der Waals surface area (Å²) in [6.07, 6.45) is 3.48. The second-order valence-electron chi connectivity index (χ2n) is 6.99. The predicted molar refractivity (Wildman–Crippen MR) is 94.8 cm³/mol. The summed E-state index contributed by atoms with van der Waals surface area (Å²) in [4.78, 5) is 40.4. The highest BCUT2D eigenvalue weighted by atomic mass is 35.5. The van der Waals surface area contributed by atoms with Crippen molar-refractivity contribution in [2.45, 2.75) is 38.6 Å². The number of nitrogens with zero attached hydrogens (tertiary/aromatic N) is 2. The summed E-state index contributed by atoms with van der Waals surface area (Å²) in [6.45, 7) is 1.74. The number of amides is 3.